The average molecular weight is 152 g/mol. The lowest BCUT2D eigenvalue weighted by Crippen LogP contribution is -1.90. The Morgan fingerprint density at radius 2 is 1.91 bits per heavy atom. The summed E-state index contributed by atoms with van der Waals surface area (Å²) in [7, 11) is 0. The molecule has 0 aliphatic heterocycles. The van der Waals surface area contributed by atoms with Crippen molar-refractivity contribution in [1.29, 1.82) is 0 Å². The molecule has 60 valence electrons. The van der Waals surface area contributed by atoms with Crippen LogP contribution >= 0.6 is 0 Å². The molecule has 0 heterocycles. The summed E-state index contributed by atoms with van der Waals surface area (Å²) < 4.78 is 0. The summed E-state index contributed by atoms with van der Waals surface area (Å²) in [5.74, 6) is 0.288. The first kappa shape index (κ1) is 8.08. The van der Waals surface area contributed by atoms with Gasteiger partial charge in [-0.2, -0.15) is 0 Å². The van der Waals surface area contributed by atoms with Crippen molar-refractivity contribution in [3.05, 3.63) is 28.8 Å². The van der Waals surface area contributed by atoms with Crippen LogP contribution in [0.5, 0.6) is 5.75 Å². The summed E-state index contributed by atoms with van der Waals surface area (Å²) in [6.45, 7) is 3.62. The van der Waals surface area contributed by atoms with Crippen LogP contribution < -0.4 is 0 Å². The number of phenols is 1. The SMILES string of the molecule is Cc1ccc(CO)c(C)c1O. The zero-order chi connectivity index (χ0) is 8.43. The first-order chi connectivity index (χ1) is 5.16. The number of aryl methyl sites for hydroxylation is 1. The van der Waals surface area contributed by atoms with Gasteiger partial charge in [-0.25, -0.2) is 0 Å². The summed E-state index contributed by atoms with van der Waals surface area (Å²) >= 11 is 0. The molecule has 1 aromatic rings. The van der Waals surface area contributed by atoms with E-state index in [1.54, 1.807) is 13.0 Å². The zero-order valence-corrected chi connectivity index (χ0v) is 6.76. The van der Waals surface area contributed by atoms with Gasteiger partial charge in [0.1, 0.15) is 5.75 Å². The van der Waals surface area contributed by atoms with Crippen molar-refractivity contribution in [2.45, 2.75) is 20.5 Å². The van der Waals surface area contributed by atoms with E-state index in [2.05, 4.69) is 0 Å². The third kappa shape index (κ3) is 1.35. The van der Waals surface area contributed by atoms with Crippen molar-refractivity contribution in [2.24, 2.45) is 0 Å². The van der Waals surface area contributed by atoms with Gasteiger partial charge in [0.15, 0.2) is 0 Å². The minimum atomic E-state index is -0.0142. The number of phenolic OH excluding ortho intramolecular Hbond substituents is 1. The van der Waals surface area contributed by atoms with Crippen LogP contribution in [0.25, 0.3) is 0 Å². The molecule has 1 rings (SSSR count). The highest BCUT2D eigenvalue weighted by Gasteiger charge is 2.03. The molecule has 2 heteroatoms. The molecule has 0 spiro atoms. The predicted octanol–water partition coefficient (Wildman–Crippen LogP) is 1.50. The lowest BCUT2D eigenvalue weighted by molar-refractivity contribution is 0.280. The number of aliphatic hydroxyl groups excluding tert-OH is 1. The van der Waals surface area contributed by atoms with Gasteiger partial charge in [0.05, 0.1) is 6.61 Å². The lowest BCUT2D eigenvalue weighted by Gasteiger charge is -2.06. The summed E-state index contributed by atoms with van der Waals surface area (Å²) in [6.07, 6.45) is 0. The molecule has 0 bridgehead atoms. The summed E-state index contributed by atoms with van der Waals surface area (Å²) in [5.41, 5.74) is 2.40. The van der Waals surface area contributed by atoms with Crippen molar-refractivity contribution < 1.29 is 10.2 Å². The van der Waals surface area contributed by atoms with Crippen molar-refractivity contribution in [1.82, 2.24) is 0 Å². The molecule has 0 aliphatic rings. The van der Waals surface area contributed by atoms with E-state index in [1.165, 1.54) is 0 Å². The molecule has 11 heavy (non-hydrogen) atoms. The predicted molar refractivity (Wildman–Crippen MR) is 43.5 cm³/mol. The van der Waals surface area contributed by atoms with Crippen molar-refractivity contribution in [3.8, 4) is 5.75 Å². The van der Waals surface area contributed by atoms with Crippen LogP contribution in [0.15, 0.2) is 12.1 Å². The Bertz CT molecular complexity index is 267. The summed E-state index contributed by atoms with van der Waals surface area (Å²) in [6, 6.07) is 3.62. The standard InChI is InChI=1S/C9H12O2/c1-6-3-4-8(5-10)7(2)9(6)11/h3-4,10-11H,5H2,1-2H3. The molecule has 2 N–H and O–H groups in total. The fraction of sp³-hybridized carbons (Fsp3) is 0.333. The topological polar surface area (TPSA) is 40.5 Å². The zero-order valence-electron chi connectivity index (χ0n) is 6.76. The van der Waals surface area contributed by atoms with Gasteiger partial charge in [-0.3, -0.25) is 0 Å². The highest BCUT2D eigenvalue weighted by Crippen LogP contribution is 2.23. The third-order valence-electron chi connectivity index (χ3n) is 1.92. The van der Waals surface area contributed by atoms with Crippen LogP contribution in [-0.2, 0) is 6.61 Å². The van der Waals surface area contributed by atoms with Gasteiger partial charge >= 0.3 is 0 Å². The Labute approximate surface area is 66.1 Å². The van der Waals surface area contributed by atoms with Crippen LogP contribution in [0.3, 0.4) is 0 Å². The molecule has 1 aromatic carbocycles. The maximum absolute atomic E-state index is 9.41. The number of aliphatic hydroxyl groups is 1. The molecule has 0 radical (unpaired) electrons. The van der Waals surface area contributed by atoms with Gasteiger partial charge in [0.2, 0.25) is 0 Å². The Morgan fingerprint density at radius 1 is 1.27 bits per heavy atom. The number of aromatic hydroxyl groups is 1. The van der Waals surface area contributed by atoms with Crippen LogP contribution in [0, 0.1) is 13.8 Å². The molecule has 0 saturated heterocycles. The van der Waals surface area contributed by atoms with Gasteiger partial charge in [-0.15, -0.1) is 0 Å². The smallest absolute Gasteiger partial charge is 0.121 e. The van der Waals surface area contributed by atoms with Gasteiger partial charge < -0.3 is 10.2 Å². The van der Waals surface area contributed by atoms with Crippen LogP contribution in [0.4, 0.5) is 0 Å². The number of benzene rings is 1. The first-order valence-corrected chi connectivity index (χ1v) is 3.55. The Kier molecular flexibility index (Phi) is 2.15. The molecular weight excluding hydrogens is 140 g/mol. The highest BCUT2D eigenvalue weighted by molar-refractivity contribution is 5.43. The minimum Gasteiger partial charge on any atom is -0.507 e. The van der Waals surface area contributed by atoms with Gasteiger partial charge in [0.25, 0.3) is 0 Å². The second-order valence-corrected chi connectivity index (χ2v) is 2.67. The number of rotatable bonds is 1. The molecule has 2 nitrogen and oxygen atoms in total. The Morgan fingerprint density at radius 3 is 2.45 bits per heavy atom. The molecule has 0 amide bonds. The molecule has 0 atom stereocenters. The van der Waals surface area contributed by atoms with E-state index in [-0.39, 0.29) is 12.4 Å². The fourth-order valence-electron chi connectivity index (χ4n) is 1.05. The number of hydrogen-bond acceptors (Lipinski definition) is 2. The van der Waals surface area contributed by atoms with Gasteiger partial charge in [0, 0.05) is 0 Å². The first-order valence-electron chi connectivity index (χ1n) is 3.55. The Hall–Kier alpha value is -1.02. The van der Waals surface area contributed by atoms with E-state index in [0.29, 0.717) is 0 Å². The second kappa shape index (κ2) is 2.93. The largest absolute Gasteiger partial charge is 0.507 e. The third-order valence-corrected chi connectivity index (χ3v) is 1.92. The molecule has 0 aliphatic carbocycles. The van der Waals surface area contributed by atoms with E-state index in [0.717, 1.165) is 16.7 Å². The summed E-state index contributed by atoms with van der Waals surface area (Å²) in [4.78, 5) is 0. The normalized spacial score (nSPS) is 10.1. The molecule has 0 aromatic heterocycles. The van der Waals surface area contributed by atoms with Gasteiger partial charge in [-0.05, 0) is 30.5 Å². The monoisotopic (exact) mass is 152 g/mol. The van der Waals surface area contributed by atoms with E-state index in [9.17, 15) is 5.11 Å². The van der Waals surface area contributed by atoms with E-state index in [4.69, 9.17) is 5.11 Å². The van der Waals surface area contributed by atoms with E-state index >= 15 is 0 Å². The van der Waals surface area contributed by atoms with E-state index in [1.807, 2.05) is 13.0 Å². The molecular formula is C9H12O2. The van der Waals surface area contributed by atoms with Crippen LogP contribution in [0.2, 0.25) is 0 Å². The molecule has 0 fully saturated rings. The Balaban J connectivity index is 3.25. The lowest BCUT2D eigenvalue weighted by atomic mass is 10.1. The molecule has 0 saturated carbocycles. The van der Waals surface area contributed by atoms with Gasteiger partial charge in [-0.1, -0.05) is 12.1 Å². The van der Waals surface area contributed by atoms with Crippen LogP contribution in [-0.4, -0.2) is 10.2 Å². The fourth-order valence-corrected chi connectivity index (χ4v) is 1.05. The minimum absolute atomic E-state index is 0.0142. The van der Waals surface area contributed by atoms with Crippen molar-refractivity contribution in [2.75, 3.05) is 0 Å². The maximum atomic E-state index is 9.41. The number of hydrogen-bond donors (Lipinski definition) is 2. The highest BCUT2D eigenvalue weighted by atomic mass is 16.3. The summed E-state index contributed by atoms with van der Waals surface area (Å²) in [5, 5.41) is 18.2. The van der Waals surface area contributed by atoms with Crippen LogP contribution in [0.1, 0.15) is 16.7 Å². The van der Waals surface area contributed by atoms with Crippen molar-refractivity contribution >= 4 is 0 Å². The average Bonchev–Trinajstić information content (AvgIpc) is 2.01. The quantitative estimate of drug-likeness (QED) is 0.640. The second-order valence-electron chi connectivity index (χ2n) is 2.67. The maximum Gasteiger partial charge on any atom is 0.121 e. The molecule has 0 unspecified atom stereocenters. The van der Waals surface area contributed by atoms with Crippen molar-refractivity contribution in [3.63, 3.8) is 0 Å². The van der Waals surface area contributed by atoms with E-state index < -0.39 is 0 Å².